The van der Waals surface area contributed by atoms with Gasteiger partial charge in [0.2, 0.25) is 0 Å². The highest BCUT2D eigenvalue weighted by Crippen LogP contribution is 2.26. The Hall–Kier alpha value is -1.68. The van der Waals surface area contributed by atoms with E-state index in [1.807, 2.05) is 6.07 Å². The van der Waals surface area contributed by atoms with Crippen LogP contribution in [-0.2, 0) is 5.41 Å². The lowest BCUT2D eigenvalue weighted by molar-refractivity contribution is 0.0946. The molecule has 0 atom stereocenters. The van der Waals surface area contributed by atoms with Gasteiger partial charge in [-0.3, -0.25) is 9.78 Å². The summed E-state index contributed by atoms with van der Waals surface area (Å²) >= 11 is 1.72. The van der Waals surface area contributed by atoms with Gasteiger partial charge in [0.05, 0.1) is 0 Å². The lowest BCUT2D eigenvalue weighted by Gasteiger charge is -2.23. The van der Waals surface area contributed by atoms with Crippen LogP contribution in [0.25, 0.3) is 0 Å². The van der Waals surface area contributed by atoms with E-state index in [0.717, 1.165) is 0 Å². The van der Waals surface area contributed by atoms with Gasteiger partial charge in [-0.05, 0) is 23.6 Å². The normalized spacial score (nSPS) is 11.2. The van der Waals surface area contributed by atoms with Crippen molar-refractivity contribution in [1.82, 2.24) is 10.3 Å². The third-order valence-electron chi connectivity index (χ3n) is 2.82. The maximum Gasteiger partial charge on any atom is 0.251 e. The van der Waals surface area contributed by atoms with Crippen LogP contribution in [0.1, 0.15) is 29.1 Å². The highest BCUT2D eigenvalue weighted by molar-refractivity contribution is 7.10. The third kappa shape index (κ3) is 2.96. The van der Waals surface area contributed by atoms with Gasteiger partial charge in [0.25, 0.3) is 5.91 Å². The van der Waals surface area contributed by atoms with Crippen LogP contribution in [0.2, 0.25) is 0 Å². The van der Waals surface area contributed by atoms with E-state index in [-0.39, 0.29) is 11.3 Å². The Labute approximate surface area is 111 Å². The van der Waals surface area contributed by atoms with E-state index in [2.05, 4.69) is 35.6 Å². The monoisotopic (exact) mass is 260 g/mol. The summed E-state index contributed by atoms with van der Waals surface area (Å²) < 4.78 is 0. The smallest absolute Gasteiger partial charge is 0.251 e. The largest absolute Gasteiger partial charge is 0.351 e. The number of nitrogens with one attached hydrogen (secondary N) is 1. The topological polar surface area (TPSA) is 42.0 Å². The molecular weight excluding hydrogens is 244 g/mol. The summed E-state index contributed by atoms with van der Waals surface area (Å²) in [4.78, 5) is 17.1. The minimum Gasteiger partial charge on any atom is -0.351 e. The van der Waals surface area contributed by atoms with Crippen LogP contribution in [0.5, 0.6) is 0 Å². The lowest BCUT2D eigenvalue weighted by atomic mass is 9.91. The van der Waals surface area contributed by atoms with Crippen molar-refractivity contribution in [1.29, 1.82) is 0 Å². The Balaban J connectivity index is 1.98. The number of aromatic nitrogens is 1. The average molecular weight is 260 g/mol. The van der Waals surface area contributed by atoms with E-state index in [1.165, 1.54) is 4.88 Å². The molecule has 3 nitrogen and oxygen atoms in total. The van der Waals surface area contributed by atoms with Crippen molar-refractivity contribution in [2.24, 2.45) is 0 Å². The Bertz CT molecular complexity index is 506. The van der Waals surface area contributed by atoms with E-state index < -0.39 is 0 Å². The molecule has 0 fully saturated rings. The predicted octanol–water partition coefficient (Wildman–Crippen LogP) is 2.85. The summed E-state index contributed by atoms with van der Waals surface area (Å²) in [5.74, 6) is -0.0537. The number of thiophene rings is 1. The van der Waals surface area contributed by atoms with Crippen LogP contribution in [0, 0.1) is 0 Å². The highest BCUT2D eigenvalue weighted by Gasteiger charge is 2.22. The van der Waals surface area contributed by atoms with Crippen LogP contribution < -0.4 is 5.32 Å². The number of hydrogen-bond acceptors (Lipinski definition) is 3. The van der Waals surface area contributed by atoms with Gasteiger partial charge in [0.1, 0.15) is 0 Å². The minimum absolute atomic E-state index is 0.0448. The molecule has 0 bridgehead atoms. The van der Waals surface area contributed by atoms with Gasteiger partial charge < -0.3 is 5.32 Å². The second kappa shape index (κ2) is 5.31. The molecule has 2 rings (SSSR count). The molecule has 2 aromatic rings. The van der Waals surface area contributed by atoms with E-state index in [1.54, 1.807) is 35.9 Å². The van der Waals surface area contributed by atoms with E-state index >= 15 is 0 Å². The van der Waals surface area contributed by atoms with Gasteiger partial charge in [-0.25, -0.2) is 0 Å². The fourth-order valence-electron chi connectivity index (χ4n) is 1.66. The number of pyridine rings is 1. The molecule has 18 heavy (non-hydrogen) atoms. The first kappa shape index (κ1) is 12.8. The minimum atomic E-state index is -0.0537. The van der Waals surface area contributed by atoms with Crippen molar-refractivity contribution in [3.63, 3.8) is 0 Å². The van der Waals surface area contributed by atoms with Crippen LogP contribution >= 0.6 is 11.3 Å². The predicted molar refractivity (Wildman–Crippen MR) is 73.9 cm³/mol. The SMILES string of the molecule is CC(C)(CNC(=O)c1ccncc1)c1cccs1. The second-order valence-corrected chi connectivity index (χ2v) is 5.73. The van der Waals surface area contributed by atoms with Gasteiger partial charge in [0.15, 0.2) is 0 Å². The Morgan fingerprint density at radius 1 is 1.33 bits per heavy atom. The molecule has 2 aromatic heterocycles. The zero-order valence-corrected chi connectivity index (χ0v) is 11.3. The molecule has 0 aliphatic rings. The molecule has 1 N–H and O–H groups in total. The number of nitrogens with zero attached hydrogens (tertiary/aromatic N) is 1. The zero-order chi connectivity index (χ0) is 13.0. The number of carbonyl (C=O) groups is 1. The lowest BCUT2D eigenvalue weighted by Crippen LogP contribution is -2.36. The van der Waals surface area contributed by atoms with E-state index in [4.69, 9.17) is 0 Å². The van der Waals surface area contributed by atoms with Crippen LogP contribution in [-0.4, -0.2) is 17.4 Å². The second-order valence-electron chi connectivity index (χ2n) is 4.78. The van der Waals surface area contributed by atoms with Crippen molar-refractivity contribution in [3.8, 4) is 0 Å². The van der Waals surface area contributed by atoms with Crippen molar-refractivity contribution < 1.29 is 4.79 Å². The molecule has 1 amide bonds. The van der Waals surface area contributed by atoms with Crippen molar-refractivity contribution >= 4 is 17.2 Å². The van der Waals surface area contributed by atoms with Crippen molar-refractivity contribution in [2.45, 2.75) is 19.3 Å². The molecular formula is C14H16N2OS. The number of rotatable bonds is 4. The molecule has 2 heterocycles. The van der Waals surface area contributed by atoms with Gasteiger partial charge in [0, 0.05) is 34.8 Å². The maximum absolute atomic E-state index is 11.9. The van der Waals surface area contributed by atoms with Crippen molar-refractivity contribution in [2.75, 3.05) is 6.54 Å². The molecule has 0 spiro atoms. The third-order valence-corrected chi connectivity index (χ3v) is 4.06. The highest BCUT2D eigenvalue weighted by atomic mass is 32.1. The van der Waals surface area contributed by atoms with Crippen LogP contribution in [0.15, 0.2) is 42.0 Å². The number of amides is 1. The molecule has 0 aliphatic carbocycles. The fraction of sp³-hybridized carbons (Fsp3) is 0.286. The fourth-order valence-corrected chi connectivity index (χ4v) is 2.51. The molecule has 94 valence electrons. The number of hydrogen-bond donors (Lipinski definition) is 1. The molecule has 0 saturated heterocycles. The summed E-state index contributed by atoms with van der Waals surface area (Å²) in [6.45, 7) is 4.88. The first-order valence-electron chi connectivity index (χ1n) is 5.82. The summed E-state index contributed by atoms with van der Waals surface area (Å²) in [5.41, 5.74) is 0.601. The van der Waals surface area contributed by atoms with Gasteiger partial charge in [-0.15, -0.1) is 11.3 Å². The standard InChI is InChI=1S/C14H16N2OS/c1-14(2,12-4-3-9-18-12)10-16-13(17)11-5-7-15-8-6-11/h3-9H,10H2,1-2H3,(H,16,17). The van der Waals surface area contributed by atoms with E-state index in [9.17, 15) is 4.79 Å². The summed E-state index contributed by atoms with van der Waals surface area (Å²) in [6.07, 6.45) is 3.25. The summed E-state index contributed by atoms with van der Waals surface area (Å²) in [5, 5.41) is 5.02. The first-order chi connectivity index (χ1) is 8.59. The van der Waals surface area contributed by atoms with Gasteiger partial charge >= 0.3 is 0 Å². The molecule has 0 radical (unpaired) electrons. The van der Waals surface area contributed by atoms with Crippen LogP contribution in [0.3, 0.4) is 0 Å². The van der Waals surface area contributed by atoms with Gasteiger partial charge in [-0.1, -0.05) is 19.9 Å². The Kier molecular flexibility index (Phi) is 3.77. The van der Waals surface area contributed by atoms with E-state index in [0.29, 0.717) is 12.1 Å². The Morgan fingerprint density at radius 2 is 2.06 bits per heavy atom. The number of carbonyl (C=O) groups excluding carboxylic acids is 1. The molecule has 0 unspecified atom stereocenters. The Morgan fingerprint density at radius 3 is 2.67 bits per heavy atom. The molecule has 0 aromatic carbocycles. The maximum atomic E-state index is 11.9. The summed E-state index contributed by atoms with van der Waals surface area (Å²) in [6, 6.07) is 7.57. The zero-order valence-electron chi connectivity index (χ0n) is 10.5. The summed E-state index contributed by atoms with van der Waals surface area (Å²) in [7, 11) is 0. The first-order valence-corrected chi connectivity index (χ1v) is 6.70. The quantitative estimate of drug-likeness (QED) is 0.918. The molecule has 0 aliphatic heterocycles. The van der Waals surface area contributed by atoms with Crippen molar-refractivity contribution in [3.05, 3.63) is 52.5 Å². The molecule has 4 heteroatoms. The molecule has 0 saturated carbocycles. The van der Waals surface area contributed by atoms with Crippen LogP contribution in [0.4, 0.5) is 0 Å². The average Bonchev–Trinajstić information content (AvgIpc) is 2.92. The van der Waals surface area contributed by atoms with Gasteiger partial charge in [-0.2, -0.15) is 0 Å².